The summed E-state index contributed by atoms with van der Waals surface area (Å²) in [6.07, 6.45) is 3.29. The van der Waals surface area contributed by atoms with Crippen molar-refractivity contribution in [2.45, 2.75) is 0 Å². The molecule has 0 fully saturated rings. The smallest absolute Gasteiger partial charge is 0.174 e. The fourth-order valence-electron chi connectivity index (χ4n) is 1.81. The van der Waals surface area contributed by atoms with E-state index in [0.717, 1.165) is 10.9 Å². The zero-order valence-electron chi connectivity index (χ0n) is 9.21. The summed E-state index contributed by atoms with van der Waals surface area (Å²) >= 11 is 6.15. The molecule has 5 heteroatoms. The van der Waals surface area contributed by atoms with Gasteiger partial charge < -0.3 is 0 Å². The molecule has 0 radical (unpaired) electrons. The van der Waals surface area contributed by atoms with Gasteiger partial charge in [0.1, 0.15) is 11.1 Å². The van der Waals surface area contributed by atoms with E-state index in [2.05, 4.69) is 10.1 Å². The molecule has 0 saturated carbocycles. The highest BCUT2D eigenvalue weighted by Gasteiger charge is 2.12. The Kier molecular flexibility index (Phi) is 2.47. The van der Waals surface area contributed by atoms with Gasteiger partial charge in [-0.25, -0.2) is 9.67 Å². The first-order valence-electron chi connectivity index (χ1n) is 5.29. The summed E-state index contributed by atoms with van der Waals surface area (Å²) in [7, 11) is 0. The topological polar surface area (TPSA) is 54.5 Å². The molecule has 0 saturated heterocycles. The molecule has 1 aromatic carbocycles. The Balaban J connectivity index is 2.31. The predicted octanol–water partition coefficient (Wildman–Crippen LogP) is 2.95. The van der Waals surface area contributed by atoms with Crippen molar-refractivity contribution in [3.63, 3.8) is 0 Å². The average molecular weight is 255 g/mol. The molecule has 2 heterocycles. The van der Waals surface area contributed by atoms with E-state index in [9.17, 15) is 0 Å². The fourth-order valence-corrected chi connectivity index (χ4v) is 2.04. The summed E-state index contributed by atoms with van der Waals surface area (Å²) in [5.41, 5.74) is 1.29. The Morgan fingerprint density at radius 1 is 1.22 bits per heavy atom. The summed E-state index contributed by atoms with van der Waals surface area (Å²) in [6, 6.07) is 11.4. The van der Waals surface area contributed by atoms with E-state index in [1.807, 2.05) is 30.3 Å². The Bertz CT molecular complexity index is 770. The van der Waals surface area contributed by atoms with Gasteiger partial charge in [-0.2, -0.15) is 10.4 Å². The van der Waals surface area contributed by atoms with Gasteiger partial charge in [-0.3, -0.25) is 0 Å². The van der Waals surface area contributed by atoms with Crippen LogP contribution in [0.25, 0.3) is 16.7 Å². The standard InChI is InChI=1S/C13H7ClN4/c14-12-9(7-15)5-6-16-13(12)18-11-4-2-1-3-10(11)8-17-18/h1-6,8H. The molecule has 0 atom stereocenters. The SMILES string of the molecule is N#Cc1ccnc(-n2ncc3ccccc32)c1Cl. The minimum atomic E-state index is 0.314. The third kappa shape index (κ3) is 1.53. The molecule has 3 rings (SSSR count). The summed E-state index contributed by atoms with van der Waals surface area (Å²) in [5, 5.41) is 14.5. The second kappa shape index (κ2) is 4.13. The van der Waals surface area contributed by atoms with Crippen LogP contribution in [0, 0.1) is 11.3 Å². The number of hydrogen-bond acceptors (Lipinski definition) is 3. The second-order valence-electron chi connectivity index (χ2n) is 3.72. The van der Waals surface area contributed by atoms with Gasteiger partial charge >= 0.3 is 0 Å². The molecule has 4 nitrogen and oxygen atoms in total. The molecule has 0 N–H and O–H groups in total. The molecule has 0 amide bonds. The number of nitrogens with zero attached hydrogens (tertiary/aromatic N) is 4. The monoisotopic (exact) mass is 254 g/mol. The second-order valence-corrected chi connectivity index (χ2v) is 4.10. The molecule has 0 aliphatic rings. The zero-order chi connectivity index (χ0) is 12.5. The van der Waals surface area contributed by atoms with E-state index in [1.165, 1.54) is 0 Å². The lowest BCUT2D eigenvalue weighted by molar-refractivity contribution is 0.874. The molecule has 0 aliphatic heterocycles. The lowest BCUT2D eigenvalue weighted by Gasteiger charge is -2.05. The Morgan fingerprint density at radius 3 is 2.89 bits per heavy atom. The number of para-hydroxylation sites is 1. The van der Waals surface area contributed by atoms with Gasteiger partial charge in [0.2, 0.25) is 0 Å². The maximum Gasteiger partial charge on any atom is 0.174 e. The van der Waals surface area contributed by atoms with Crippen molar-refractivity contribution in [1.29, 1.82) is 5.26 Å². The van der Waals surface area contributed by atoms with Gasteiger partial charge in [0.15, 0.2) is 5.82 Å². The first-order valence-corrected chi connectivity index (χ1v) is 5.67. The van der Waals surface area contributed by atoms with Crippen molar-refractivity contribution < 1.29 is 0 Å². The van der Waals surface area contributed by atoms with Crippen LogP contribution >= 0.6 is 11.6 Å². The predicted molar refractivity (Wildman–Crippen MR) is 68.6 cm³/mol. The van der Waals surface area contributed by atoms with E-state index in [1.54, 1.807) is 23.1 Å². The number of halogens is 1. The highest BCUT2D eigenvalue weighted by atomic mass is 35.5. The van der Waals surface area contributed by atoms with Crippen LogP contribution in [0.4, 0.5) is 0 Å². The molecule has 18 heavy (non-hydrogen) atoms. The molecular weight excluding hydrogens is 248 g/mol. The maximum atomic E-state index is 8.96. The lowest BCUT2D eigenvalue weighted by Crippen LogP contribution is -2.01. The zero-order valence-corrected chi connectivity index (χ0v) is 9.96. The van der Waals surface area contributed by atoms with Crippen molar-refractivity contribution >= 4 is 22.5 Å². The molecular formula is C13H7ClN4. The summed E-state index contributed by atoms with van der Waals surface area (Å²) in [5.74, 6) is 0.469. The fraction of sp³-hybridized carbons (Fsp3) is 0. The van der Waals surface area contributed by atoms with Gasteiger partial charge in [-0.15, -0.1) is 0 Å². The number of aromatic nitrogens is 3. The Labute approximate surface area is 108 Å². The van der Waals surface area contributed by atoms with Crippen molar-refractivity contribution in [3.8, 4) is 11.9 Å². The molecule has 0 spiro atoms. The van der Waals surface area contributed by atoms with Crippen molar-refractivity contribution in [1.82, 2.24) is 14.8 Å². The van der Waals surface area contributed by atoms with Gasteiger partial charge in [0.05, 0.1) is 17.3 Å². The van der Waals surface area contributed by atoms with Crippen LogP contribution in [0.5, 0.6) is 0 Å². The maximum absolute atomic E-state index is 8.96. The van der Waals surface area contributed by atoms with Gasteiger partial charge in [0, 0.05) is 11.6 Å². The largest absolute Gasteiger partial charge is 0.236 e. The highest BCUT2D eigenvalue weighted by Crippen LogP contribution is 2.24. The molecule has 0 bridgehead atoms. The van der Waals surface area contributed by atoms with Crippen LogP contribution in [0.3, 0.4) is 0 Å². The molecule has 0 aliphatic carbocycles. The minimum absolute atomic E-state index is 0.314. The van der Waals surface area contributed by atoms with Crippen LogP contribution in [-0.2, 0) is 0 Å². The summed E-state index contributed by atoms with van der Waals surface area (Å²) in [4.78, 5) is 4.20. The van der Waals surface area contributed by atoms with Gasteiger partial charge in [-0.1, -0.05) is 29.8 Å². The average Bonchev–Trinajstić information content (AvgIpc) is 2.83. The number of rotatable bonds is 1. The third-order valence-corrected chi connectivity index (χ3v) is 3.04. The van der Waals surface area contributed by atoms with E-state index >= 15 is 0 Å². The van der Waals surface area contributed by atoms with Crippen molar-refractivity contribution in [2.24, 2.45) is 0 Å². The Hall–Kier alpha value is -2.38. The highest BCUT2D eigenvalue weighted by molar-refractivity contribution is 6.33. The first-order chi connectivity index (χ1) is 8.81. The van der Waals surface area contributed by atoms with Crippen LogP contribution in [0.2, 0.25) is 5.02 Å². The summed E-state index contributed by atoms with van der Waals surface area (Å²) in [6.45, 7) is 0. The van der Waals surface area contributed by atoms with Crippen molar-refractivity contribution in [3.05, 3.63) is 53.3 Å². The molecule has 0 unspecified atom stereocenters. The number of pyridine rings is 1. The number of hydrogen-bond donors (Lipinski definition) is 0. The first kappa shape index (κ1) is 10.8. The third-order valence-electron chi connectivity index (χ3n) is 2.67. The number of fused-ring (bicyclic) bond motifs is 1. The minimum Gasteiger partial charge on any atom is -0.236 e. The van der Waals surface area contributed by atoms with Crippen LogP contribution < -0.4 is 0 Å². The van der Waals surface area contributed by atoms with Crippen molar-refractivity contribution in [2.75, 3.05) is 0 Å². The number of nitriles is 1. The molecule has 3 aromatic rings. The van der Waals surface area contributed by atoms with E-state index in [4.69, 9.17) is 16.9 Å². The Morgan fingerprint density at radius 2 is 2.06 bits per heavy atom. The van der Waals surface area contributed by atoms with Gasteiger partial charge in [0.25, 0.3) is 0 Å². The molecule has 86 valence electrons. The summed E-state index contributed by atoms with van der Waals surface area (Å²) < 4.78 is 1.64. The normalized spacial score (nSPS) is 10.4. The quantitative estimate of drug-likeness (QED) is 0.671. The van der Waals surface area contributed by atoms with Crippen LogP contribution in [0.1, 0.15) is 5.56 Å². The lowest BCUT2D eigenvalue weighted by atomic mass is 10.2. The van der Waals surface area contributed by atoms with E-state index < -0.39 is 0 Å². The van der Waals surface area contributed by atoms with E-state index in [-0.39, 0.29) is 0 Å². The molecule has 2 aromatic heterocycles. The van der Waals surface area contributed by atoms with Crippen LogP contribution in [-0.4, -0.2) is 14.8 Å². The number of benzene rings is 1. The van der Waals surface area contributed by atoms with Crippen LogP contribution in [0.15, 0.2) is 42.7 Å². The van der Waals surface area contributed by atoms with E-state index in [0.29, 0.717) is 16.4 Å². The van der Waals surface area contributed by atoms with Gasteiger partial charge in [-0.05, 0) is 12.1 Å².